The lowest BCUT2D eigenvalue weighted by molar-refractivity contribution is -0.246. The molecule has 0 aliphatic carbocycles. The highest BCUT2D eigenvalue weighted by molar-refractivity contribution is 5.71. The number of carbonyl (C=O) groups is 4. The SMILES string of the molecule is COC(=O)C[C@H]1O[C@@H](N=[N+]=[N-])[C@H](OC(C)=O)[C@@H](OC(C)=O)[C@@H]1OC(C)=O. The Labute approximate surface area is 148 Å². The summed E-state index contributed by atoms with van der Waals surface area (Å²) in [6.07, 6.45) is -7.03. The summed E-state index contributed by atoms with van der Waals surface area (Å²) in [5.74, 6) is -3.02. The average Bonchev–Trinajstić information content (AvgIpc) is 2.53. The van der Waals surface area contributed by atoms with E-state index in [0.29, 0.717) is 0 Å². The molecule has 12 heteroatoms. The normalized spacial score (nSPS) is 27.5. The van der Waals surface area contributed by atoms with Crippen molar-refractivity contribution in [2.24, 2.45) is 5.11 Å². The smallest absolute Gasteiger partial charge is 0.308 e. The van der Waals surface area contributed by atoms with Crippen molar-refractivity contribution < 1.29 is 42.9 Å². The third kappa shape index (κ3) is 5.90. The highest BCUT2D eigenvalue weighted by atomic mass is 16.7. The molecule has 26 heavy (non-hydrogen) atoms. The second-order valence-corrected chi connectivity index (χ2v) is 5.27. The molecule has 0 spiro atoms. The molecule has 0 aromatic heterocycles. The van der Waals surface area contributed by atoms with Crippen LogP contribution in [0.4, 0.5) is 0 Å². The first-order valence-electron chi connectivity index (χ1n) is 7.47. The molecule has 0 bridgehead atoms. The zero-order valence-electron chi connectivity index (χ0n) is 14.6. The van der Waals surface area contributed by atoms with E-state index in [1.54, 1.807) is 0 Å². The second-order valence-electron chi connectivity index (χ2n) is 5.27. The van der Waals surface area contributed by atoms with Crippen LogP contribution in [0.25, 0.3) is 10.4 Å². The first kappa shape index (κ1) is 21.2. The molecule has 5 atom stereocenters. The largest absolute Gasteiger partial charge is 0.469 e. The minimum Gasteiger partial charge on any atom is -0.469 e. The third-order valence-electron chi connectivity index (χ3n) is 3.28. The van der Waals surface area contributed by atoms with Crippen LogP contribution in [0.15, 0.2) is 5.11 Å². The number of esters is 4. The van der Waals surface area contributed by atoms with Gasteiger partial charge in [0.2, 0.25) is 0 Å². The van der Waals surface area contributed by atoms with E-state index >= 15 is 0 Å². The standard InChI is InChI=1S/C14H19N3O9/c1-6(18)23-11-9(5-10(21)22-4)26-14(16-17-15)13(25-8(3)20)12(11)24-7(2)19/h9,11-14H,5H2,1-4H3/t9-,11-,12+,13-,14-/m1/s1. The summed E-state index contributed by atoms with van der Waals surface area (Å²) in [5, 5.41) is 3.37. The highest BCUT2D eigenvalue weighted by Crippen LogP contribution is 2.31. The zero-order valence-corrected chi connectivity index (χ0v) is 14.6. The Kier molecular flexibility index (Phi) is 7.81. The van der Waals surface area contributed by atoms with Gasteiger partial charge in [-0.3, -0.25) is 19.2 Å². The molecule has 0 N–H and O–H groups in total. The van der Waals surface area contributed by atoms with Gasteiger partial charge < -0.3 is 23.7 Å². The predicted octanol–water partition coefficient (Wildman–Crippen LogP) is 0.380. The average molecular weight is 373 g/mol. The number of nitrogens with zero attached hydrogens (tertiary/aromatic N) is 3. The maximum Gasteiger partial charge on any atom is 0.308 e. The van der Waals surface area contributed by atoms with Crippen molar-refractivity contribution in [3.8, 4) is 0 Å². The monoisotopic (exact) mass is 373 g/mol. The Morgan fingerprint density at radius 3 is 1.92 bits per heavy atom. The van der Waals surface area contributed by atoms with Gasteiger partial charge in [-0.25, -0.2) is 0 Å². The van der Waals surface area contributed by atoms with E-state index in [1.807, 2.05) is 0 Å². The van der Waals surface area contributed by atoms with Crippen molar-refractivity contribution in [3.63, 3.8) is 0 Å². The third-order valence-corrected chi connectivity index (χ3v) is 3.28. The lowest BCUT2D eigenvalue weighted by atomic mass is 9.95. The van der Waals surface area contributed by atoms with Gasteiger partial charge in [-0.1, -0.05) is 5.11 Å². The summed E-state index contributed by atoms with van der Waals surface area (Å²) in [4.78, 5) is 48.6. The minimum absolute atomic E-state index is 0.392. The molecule has 0 aromatic carbocycles. The van der Waals surface area contributed by atoms with Crippen LogP contribution < -0.4 is 0 Å². The fourth-order valence-electron chi connectivity index (χ4n) is 2.43. The fourth-order valence-corrected chi connectivity index (χ4v) is 2.43. The molecule has 1 fully saturated rings. The molecule has 0 saturated carbocycles. The van der Waals surface area contributed by atoms with E-state index in [-0.39, 0.29) is 0 Å². The van der Waals surface area contributed by atoms with Crippen LogP contribution in [0.1, 0.15) is 27.2 Å². The minimum atomic E-state index is -1.42. The number of methoxy groups -OCH3 is 1. The van der Waals surface area contributed by atoms with Crippen LogP contribution in [0.2, 0.25) is 0 Å². The second kappa shape index (κ2) is 9.59. The topological polar surface area (TPSA) is 163 Å². The van der Waals surface area contributed by atoms with Crippen LogP contribution in [-0.4, -0.2) is 61.6 Å². The van der Waals surface area contributed by atoms with Crippen LogP contribution in [-0.2, 0) is 42.9 Å². The molecule has 0 amide bonds. The van der Waals surface area contributed by atoms with Crippen molar-refractivity contribution >= 4 is 23.9 Å². The van der Waals surface area contributed by atoms with Gasteiger partial charge >= 0.3 is 23.9 Å². The van der Waals surface area contributed by atoms with Crippen molar-refractivity contribution in [2.45, 2.75) is 57.8 Å². The van der Waals surface area contributed by atoms with E-state index in [0.717, 1.165) is 27.9 Å². The molecule has 1 heterocycles. The van der Waals surface area contributed by atoms with Gasteiger partial charge in [-0.05, 0) is 5.53 Å². The molecular formula is C14H19N3O9. The molecular weight excluding hydrogens is 354 g/mol. The van der Waals surface area contributed by atoms with Gasteiger partial charge in [0.15, 0.2) is 24.5 Å². The quantitative estimate of drug-likeness (QED) is 0.210. The number of hydrogen-bond acceptors (Lipinski definition) is 10. The Hall–Kier alpha value is -2.85. The van der Waals surface area contributed by atoms with E-state index in [9.17, 15) is 19.2 Å². The lowest BCUT2D eigenvalue weighted by Gasteiger charge is -2.43. The van der Waals surface area contributed by atoms with Gasteiger partial charge in [0.05, 0.1) is 13.5 Å². The molecule has 1 aliphatic rings. The molecule has 144 valence electrons. The number of carbonyl (C=O) groups excluding carboxylic acids is 4. The Morgan fingerprint density at radius 1 is 0.962 bits per heavy atom. The summed E-state index contributed by atoms with van der Waals surface area (Å²) < 4.78 is 25.3. The summed E-state index contributed by atoms with van der Waals surface area (Å²) in [5.41, 5.74) is 8.72. The summed E-state index contributed by atoms with van der Waals surface area (Å²) in [7, 11) is 1.14. The van der Waals surface area contributed by atoms with E-state index in [2.05, 4.69) is 14.8 Å². The van der Waals surface area contributed by atoms with Gasteiger partial charge in [0, 0.05) is 25.7 Å². The number of ether oxygens (including phenoxy) is 5. The van der Waals surface area contributed by atoms with E-state index < -0.39 is 60.9 Å². The fraction of sp³-hybridized carbons (Fsp3) is 0.714. The Morgan fingerprint density at radius 2 is 1.46 bits per heavy atom. The molecule has 12 nitrogen and oxygen atoms in total. The van der Waals surface area contributed by atoms with Crippen LogP contribution in [0.5, 0.6) is 0 Å². The van der Waals surface area contributed by atoms with Crippen molar-refractivity contribution in [1.82, 2.24) is 0 Å². The van der Waals surface area contributed by atoms with Crippen molar-refractivity contribution in [3.05, 3.63) is 10.4 Å². The molecule has 1 rings (SSSR count). The van der Waals surface area contributed by atoms with Gasteiger partial charge in [0.1, 0.15) is 6.10 Å². The molecule has 0 unspecified atom stereocenters. The van der Waals surface area contributed by atoms with E-state index in [1.165, 1.54) is 0 Å². The Balaban J connectivity index is 3.33. The predicted molar refractivity (Wildman–Crippen MR) is 81.1 cm³/mol. The lowest BCUT2D eigenvalue weighted by Crippen LogP contribution is -2.61. The van der Waals surface area contributed by atoms with Crippen LogP contribution in [0.3, 0.4) is 0 Å². The number of rotatable bonds is 6. The highest BCUT2D eigenvalue weighted by Gasteiger charge is 2.52. The van der Waals surface area contributed by atoms with Crippen LogP contribution in [0, 0.1) is 0 Å². The van der Waals surface area contributed by atoms with Gasteiger partial charge in [0.25, 0.3) is 0 Å². The van der Waals surface area contributed by atoms with Gasteiger partial charge in [-0.2, -0.15) is 0 Å². The summed E-state index contributed by atoms with van der Waals surface area (Å²) >= 11 is 0. The van der Waals surface area contributed by atoms with Crippen molar-refractivity contribution in [1.29, 1.82) is 0 Å². The Bertz CT molecular complexity index is 617. The zero-order chi connectivity index (χ0) is 19.9. The first-order valence-corrected chi connectivity index (χ1v) is 7.47. The molecule has 1 aliphatic heterocycles. The molecule has 1 saturated heterocycles. The maximum absolute atomic E-state index is 11.6. The summed E-state index contributed by atoms with van der Waals surface area (Å²) in [6, 6.07) is 0. The molecule has 0 aromatic rings. The van der Waals surface area contributed by atoms with E-state index in [4.69, 9.17) is 24.5 Å². The number of azide groups is 1. The first-order chi connectivity index (χ1) is 12.2. The maximum atomic E-state index is 11.6. The number of hydrogen-bond donors (Lipinski definition) is 0. The van der Waals surface area contributed by atoms with Crippen LogP contribution >= 0.6 is 0 Å². The van der Waals surface area contributed by atoms with Crippen molar-refractivity contribution in [2.75, 3.05) is 7.11 Å². The van der Waals surface area contributed by atoms with Gasteiger partial charge in [-0.15, -0.1) is 0 Å². The molecule has 0 radical (unpaired) electrons. The summed E-state index contributed by atoms with van der Waals surface area (Å²) in [6.45, 7) is 3.27.